The van der Waals surface area contributed by atoms with E-state index < -0.39 is 18.5 Å². The van der Waals surface area contributed by atoms with Crippen LogP contribution in [0.4, 0.5) is 17.1 Å². The third-order valence-corrected chi connectivity index (χ3v) is 4.60. The predicted molar refractivity (Wildman–Crippen MR) is 127 cm³/mol. The number of fused-ring (bicyclic) bond motifs is 1. The number of nitrogens with one attached hydrogen (secondary N) is 1. The minimum atomic E-state index is -0.616. The van der Waals surface area contributed by atoms with Gasteiger partial charge < -0.3 is 10.1 Å². The predicted octanol–water partition coefficient (Wildman–Crippen LogP) is 5.85. The fourth-order valence-electron chi connectivity index (χ4n) is 3.02. The second-order valence-electron chi connectivity index (χ2n) is 6.99. The topological polar surface area (TPSA) is 93.0 Å². The first-order valence-electron chi connectivity index (χ1n) is 10.2. The third-order valence-electron chi connectivity index (χ3n) is 4.60. The van der Waals surface area contributed by atoms with Gasteiger partial charge >= 0.3 is 5.97 Å². The van der Waals surface area contributed by atoms with E-state index in [1.807, 2.05) is 60.7 Å². The van der Waals surface area contributed by atoms with E-state index in [1.165, 1.54) is 6.08 Å². The Balaban J connectivity index is 1.27. The second-order valence-corrected chi connectivity index (χ2v) is 6.99. The van der Waals surface area contributed by atoms with E-state index in [4.69, 9.17) is 4.74 Å². The van der Waals surface area contributed by atoms with Crippen molar-refractivity contribution in [3.05, 3.63) is 103 Å². The number of aromatic nitrogens is 1. The van der Waals surface area contributed by atoms with Gasteiger partial charge in [-0.05, 0) is 48.5 Å². The number of rotatable bonds is 7. The van der Waals surface area contributed by atoms with Gasteiger partial charge in [-0.3, -0.25) is 9.78 Å². The zero-order valence-electron chi connectivity index (χ0n) is 17.6. The molecule has 1 aromatic heterocycles. The standard InChI is InChI=1S/C26H20N4O3/c31-24(28-21-12-14-23(15-13-21)30-29-22-9-2-1-3-10-22)18-33-25(32)16-11-20-7-4-6-19-8-5-17-27-26(19)20/h1-17H,18H2,(H,28,31). The second kappa shape index (κ2) is 10.6. The van der Waals surface area contributed by atoms with Gasteiger partial charge in [0, 0.05) is 28.9 Å². The van der Waals surface area contributed by atoms with Crippen LogP contribution in [0.2, 0.25) is 0 Å². The summed E-state index contributed by atoms with van der Waals surface area (Å²) in [6.07, 6.45) is 4.60. The number of para-hydroxylation sites is 1. The first-order chi connectivity index (χ1) is 16.2. The van der Waals surface area contributed by atoms with Crippen molar-refractivity contribution in [2.75, 3.05) is 11.9 Å². The van der Waals surface area contributed by atoms with Crippen molar-refractivity contribution in [3.63, 3.8) is 0 Å². The molecule has 0 fully saturated rings. The number of benzene rings is 3. The van der Waals surface area contributed by atoms with Crippen LogP contribution in [-0.2, 0) is 14.3 Å². The van der Waals surface area contributed by atoms with Gasteiger partial charge in [0.2, 0.25) is 0 Å². The highest BCUT2D eigenvalue weighted by atomic mass is 16.5. The van der Waals surface area contributed by atoms with Crippen LogP contribution in [0.1, 0.15) is 5.56 Å². The van der Waals surface area contributed by atoms with E-state index in [0.29, 0.717) is 11.4 Å². The fraction of sp³-hybridized carbons (Fsp3) is 0.0385. The van der Waals surface area contributed by atoms with Crippen molar-refractivity contribution in [2.24, 2.45) is 10.2 Å². The molecule has 0 aliphatic heterocycles. The van der Waals surface area contributed by atoms with Crippen LogP contribution in [0.15, 0.2) is 107 Å². The number of esters is 1. The Morgan fingerprint density at radius 1 is 0.848 bits per heavy atom. The van der Waals surface area contributed by atoms with Crippen LogP contribution in [0.25, 0.3) is 17.0 Å². The average molecular weight is 436 g/mol. The quantitative estimate of drug-likeness (QED) is 0.224. The van der Waals surface area contributed by atoms with Gasteiger partial charge in [-0.1, -0.05) is 42.5 Å². The first-order valence-corrected chi connectivity index (χ1v) is 10.2. The highest BCUT2D eigenvalue weighted by molar-refractivity contribution is 5.96. The molecule has 7 nitrogen and oxygen atoms in total. The Morgan fingerprint density at radius 2 is 1.58 bits per heavy atom. The first kappa shape index (κ1) is 21.6. The van der Waals surface area contributed by atoms with E-state index in [-0.39, 0.29) is 0 Å². The molecule has 0 bridgehead atoms. The molecule has 0 spiro atoms. The highest BCUT2D eigenvalue weighted by Gasteiger charge is 2.06. The molecule has 1 amide bonds. The molecule has 3 aromatic carbocycles. The molecule has 0 atom stereocenters. The molecule has 0 saturated carbocycles. The van der Waals surface area contributed by atoms with Crippen molar-refractivity contribution >= 4 is 45.9 Å². The van der Waals surface area contributed by atoms with Gasteiger partial charge in [-0.2, -0.15) is 10.2 Å². The Kier molecular flexibility index (Phi) is 6.92. The minimum absolute atomic E-state index is 0.396. The van der Waals surface area contributed by atoms with E-state index >= 15 is 0 Å². The molecule has 0 unspecified atom stereocenters. The monoisotopic (exact) mass is 436 g/mol. The summed E-state index contributed by atoms with van der Waals surface area (Å²) in [6, 6.07) is 25.7. The Hall–Kier alpha value is -4.65. The fourth-order valence-corrected chi connectivity index (χ4v) is 3.02. The largest absolute Gasteiger partial charge is 0.452 e. The number of ether oxygens (including phenoxy) is 1. The van der Waals surface area contributed by atoms with Crippen LogP contribution < -0.4 is 5.32 Å². The summed E-state index contributed by atoms with van der Waals surface area (Å²) in [5, 5.41) is 11.9. The summed E-state index contributed by atoms with van der Waals surface area (Å²) in [5.74, 6) is -1.06. The third kappa shape index (κ3) is 6.18. The van der Waals surface area contributed by atoms with Crippen LogP contribution in [-0.4, -0.2) is 23.5 Å². The van der Waals surface area contributed by atoms with Crippen LogP contribution in [0.3, 0.4) is 0 Å². The zero-order chi connectivity index (χ0) is 22.9. The van der Waals surface area contributed by atoms with Crippen LogP contribution in [0.5, 0.6) is 0 Å². The number of amides is 1. The molecular formula is C26H20N4O3. The molecular weight excluding hydrogens is 416 g/mol. The number of nitrogens with zero attached hydrogens (tertiary/aromatic N) is 3. The smallest absolute Gasteiger partial charge is 0.331 e. The number of carbonyl (C=O) groups excluding carboxylic acids is 2. The van der Waals surface area contributed by atoms with E-state index in [0.717, 1.165) is 22.2 Å². The van der Waals surface area contributed by atoms with Crippen LogP contribution >= 0.6 is 0 Å². The lowest BCUT2D eigenvalue weighted by atomic mass is 10.1. The molecule has 162 valence electrons. The van der Waals surface area contributed by atoms with E-state index in [1.54, 1.807) is 36.5 Å². The number of azo groups is 1. The summed E-state index contributed by atoms with van der Waals surface area (Å²) in [4.78, 5) is 28.4. The average Bonchev–Trinajstić information content (AvgIpc) is 2.86. The lowest BCUT2D eigenvalue weighted by Gasteiger charge is -2.05. The van der Waals surface area contributed by atoms with Crippen molar-refractivity contribution in [1.29, 1.82) is 0 Å². The summed E-state index contributed by atoms with van der Waals surface area (Å²) < 4.78 is 5.03. The molecule has 0 aliphatic carbocycles. The molecule has 0 aliphatic rings. The van der Waals surface area contributed by atoms with Gasteiger partial charge in [-0.25, -0.2) is 4.79 Å². The molecule has 0 radical (unpaired) electrons. The summed E-state index contributed by atoms with van der Waals surface area (Å²) >= 11 is 0. The number of carbonyl (C=O) groups is 2. The Bertz CT molecular complexity index is 1310. The highest BCUT2D eigenvalue weighted by Crippen LogP contribution is 2.20. The zero-order valence-corrected chi connectivity index (χ0v) is 17.6. The van der Waals surface area contributed by atoms with Crippen molar-refractivity contribution < 1.29 is 14.3 Å². The minimum Gasteiger partial charge on any atom is -0.452 e. The molecule has 0 saturated heterocycles. The van der Waals surface area contributed by atoms with Crippen molar-refractivity contribution in [2.45, 2.75) is 0 Å². The van der Waals surface area contributed by atoms with Gasteiger partial charge in [0.15, 0.2) is 6.61 Å². The van der Waals surface area contributed by atoms with Gasteiger partial charge in [0.1, 0.15) is 0 Å². The Morgan fingerprint density at radius 3 is 2.36 bits per heavy atom. The SMILES string of the molecule is O=C(COC(=O)C=Cc1cccc2cccnc12)Nc1ccc(N=Nc2ccccc2)cc1. The molecule has 7 heteroatoms. The Labute approximate surface area is 190 Å². The van der Waals surface area contributed by atoms with Crippen LogP contribution in [0, 0.1) is 0 Å². The number of hydrogen-bond acceptors (Lipinski definition) is 6. The molecule has 1 heterocycles. The van der Waals surface area contributed by atoms with Gasteiger partial charge in [0.25, 0.3) is 5.91 Å². The van der Waals surface area contributed by atoms with Crippen molar-refractivity contribution in [1.82, 2.24) is 4.98 Å². The van der Waals surface area contributed by atoms with Crippen molar-refractivity contribution in [3.8, 4) is 0 Å². The maximum atomic E-state index is 12.1. The number of hydrogen-bond donors (Lipinski definition) is 1. The lowest BCUT2D eigenvalue weighted by molar-refractivity contribution is -0.142. The summed E-state index contributed by atoms with van der Waals surface area (Å²) in [7, 11) is 0. The summed E-state index contributed by atoms with van der Waals surface area (Å²) in [6.45, 7) is -0.396. The number of pyridine rings is 1. The van der Waals surface area contributed by atoms with E-state index in [9.17, 15) is 9.59 Å². The van der Waals surface area contributed by atoms with E-state index in [2.05, 4.69) is 20.5 Å². The summed E-state index contributed by atoms with van der Waals surface area (Å²) in [5.41, 5.74) is 3.54. The molecule has 4 aromatic rings. The van der Waals surface area contributed by atoms with Gasteiger partial charge in [0.05, 0.1) is 16.9 Å². The van der Waals surface area contributed by atoms with Gasteiger partial charge in [-0.15, -0.1) is 0 Å². The number of anilines is 1. The molecule has 33 heavy (non-hydrogen) atoms. The maximum Gasteiger partial charge on any atom is 0.331 e. The normalized spacial score (nSPS) is 11.2. The lowest BCUT2D eigenvalue weighted by Crippen LogP contribution is -2.20. The molecule has 4 rings (SSSR count). The maximum absolute atomic E-state index is 12.1. The molecule has 1 N–H and O–H groups in total.